The van der Waals surface area contributed by atoms with Crippen LogP contribution in [0.15, 0.2) is 18.2 Å². The molecule has 1 aromatic rings. The Bertz CT molecular complexity index is 457. The molecule has 1 unspecified atom stereocenters. The number of nitro benzene ring substituents is 1. The van der Waals surface area contributed by atoms with Crippen molar-refractivity contribution in [1.29, 1.82) is 5.26 Å². The van der Waals surface area contributed by atoms with Crippen LogP contribution in [-0.2, 0) is 0 Å². The number of hydrogen-bond acceptors (Lipinski definition) is 4. The Morgan fingerprint density at radius 2 is 2.35 bits per heavy atom. The third-order valence-electron chi connectivity index (χ3n) is 2.19. The van der Waals surface area contributed by atoms with Crippen LogP contribution < -0.4 is 4.74 Å². The molecule has 0 saturated heterocycles. The number of benzene rings is 1. The summed E-state index contributed by atoms with van der Waals surface area (Å²) >= 11 is 0. The minimum atomic E-state index is -0.796. The maximum Gasteiger partial charge on any atom is 0.272 e. The molecule has 0 spiro atoms. The summed E-state index contributed by atoms with van der Waals surface area (Å²) in [7, 11) is 0. The summed E-state index contributed by atoms with van der Waals surface area (Å²) in [4.78, 5) is 9.72. The van der Waals surface area contributed by atoms with Gasteiger partial charge in [0.05, 0.1) is 23.5 Å². The first-order chi connectivity index (χ1) is 8.08. The number of ether oxygens (including phenoxy) is 1. The van der Waals surface area contributed by atoms with Crippen LogP contribution in [0.1, 0.15) is 19.8 Å². The molecule has 0 saturated carbocycles. The number of rotatable bonds is 5. The van der Waals surface area contributed by atoms with Crippen molar-refractivity contribution in [3.05, 3.63) is 34.1 Å². The Labute approximate surface area is 97.6 Å². The van der Waals surface area contributed by atoms with E-state index >= 15 is 0 Å². The molecular weight excluding hydrogens is 227 g/mol. The molecule has 0 heterocycles. The zero-order valence-corrected chi connectivity index (χ0v) is 9.22. The van der Waals surface area contributed by atoms with Gasteiger partial charge < -0.3 is 4.74 Å². The molecular formula is C11H11FN2O3. The quantitative estimate of drug-likeness (QED) is 0.583. The summed E-state index contributed by atoms with van der Waals surface area (Å²) < 4.78 is 18.7. The molecule has 1 aromatic carbocycles. The number of non-ortho nitro benzene ring substituents is 1. The van der Waals surface area contributed by atoms with Crippen LogP contribution in [0.4, 0.5) is 10.1 Å². The third kappa shape index (κ3) is 3.41. The van der Waals surface area contributed by atoms with E-state index in [1.54, 1.807) is 0 Å². The lowest BCUT2D eigenvalue weighted by Crippen LogP contribution is -2.15. The molecule has 0 N–H and O–H groups in total. The fraction of sp³-hybridized carbons (Fsp3) is 0.364. The van der Waals surface area contributed by atoms with Gasteiger partial charge in [-0.25, -0.2) is 4.39 Å². The van der Waals surface area contributed by atoms with Crippen LogP contribution in [0.2, 0.25) is 0 Å². The number of halogens is 1. The van der Waals surface area contributed by atoms with E-state index in [0.29, 0.717) is 6.42 Å². The zero-order valence-electron chi connectivity index (χ0n) is 9.22. The molecule has 0 amide bonds. The van der Waals surface area contributed by atoms with E-state index in [2.05, 4.69) is 0 Å². The Balaban J connectivity index is 2.85. The Hall–Kier alpha value is -2.16. The van der Waals surface area contributed by atoms with Gasteiger partial charge in [-0.15, -0.1) is 0 Å². The molecule has 0 radical (unpaired) electrons. The molecule has 17 heavy (non-hydrogen) atoms. The molecule has 0 aliphatic heterocycles. The summed E-state index contributed by atoms with van der Waals surface area (Å²) in [6.07, 6.45) is 0.299. The molecule has 0 aliphatic carbocycles. The summed E-state index contributed by atoms with van der Waals surface area (Å²) in [6, 6.07) is 5.10. The number of nitro groups is 1. The van der Waals surface area contributed by atoms with E-state index in [0.717, 1.165) is 12.1 Å². The van der Waals surface area contributed by atoms with Crippen molar-refractivity contribution in [1.82, 2.24) is 0 Å². The second-order valence-corrected chi connectivity index (χ2v) is 3.38. The minimum Gasteiger partial charge on any atom is -0.486 e. The lowest BCUT2D eigenvalue weighted by Gasteiger charge is -2.14. The van der Waals surface area contributed by atoms with Crippen molar-refractivity contribution in [2.45, 2.75) is 25.9 Å². The normalized spacial score (nSPS) is 11.6. The molecule has 0 aromatic heterocycles. The molecule has 1 atom stereocenters. The minimum absolute atomic E-state index is 0.0716. The van der Waals surface area contributed by atoms with Gasteiger partial charge in [-0.3, -0.25) is 10.1 Å². The fourth-order valence-electron chi connectivity index (χ4n) is 1.25. The van der Waals surface area contributed by atoms with E-state index in [1.165, 1.54) is 6.07 Å². The lowest BCUT2D eigenvalue weighted by molar-refractivity contribution is -0.385. The number of nitrogens with zero attached hydrogens (tertiary/aromatic N) is 2. The highest BCUT2D eigenvalue weighted by atomic mass is 19.1. The average Bonchev–Trinajstić information content (AvgIpc) is 2.30. The van der Waals surface area contributed by atoms with Gasteiger partial charge in [0.15, 0.2) is 11.6 Å². The highest BCUT2D eigenvalue weighted by Crippen LogP contribution is 2.24. The van der Waals surface area contributed by atoms with Crippen LogP contribution in [0.25, 0.3) is 0 Å². The van der Waals surface area contributed by atoms with Crippen LogP contribution >= 0.6 is 0 Å². The predicted octanol–water partition coefficient (Wildman–Crippen LogP) is 2.80. The van der Waals surface area contributed by atoms with Crippen LogP contribution in [0.5, 0.6) is 5.75 Å². The Kier molecular flexibility index (Phi) is 4.40. The van der Waals surface area contributed by atoms with E-state index < -0.39 is 16.8 Å². The largest absolute Gasteiger partial charge is 0.486 e. The highest BCUT2D eigenvalue weighted by Gasteiger charge is 2.14. The smallest absolute Gasteiger partial charge is 0.272 e. The lowest BCUT2D eigenvalue weighted by atomic mass is 10.2. The van der Waals surface area contributed by atoms with Gasteiger partial charge in [-0.1, -0.05) is 6.92 Å². The van der Waals surface area contributed by atoms with Gasteiger partial charge in [0, 0.05) is 6.07 Å². The Morgan fingerprint density at radius 1 is 1.65 bits per heavy atom. The van der Waals surface area contributed by atoms with E-state index in [4.69, 9.17) is 10.00 Å². The van der Waals surface area contributed by atoms with Crippen molar-refractivity contribution in [2.24, 2.45) is 0 Å². The first kappa shape index (κ1) is 12.9. The van der Waals surface area contributed by atoms with Crippen molar-refractivity contribution >= 4 is 5.69 Å². The highest BCUT2D eigenvalue weighted by molar-refractivity contribution is 5.37. The SMILES string of the molecule is CCC(CC#N)Oc1ccc([N+](=O)[O-])cc1F. The molecule has 0 aliphatic rings. The van der Waals surface area contributed by atoms with E-state index in [-0.39, 0.29) is 17.9 Å². The average molecular weight is 238 g/mol. The molecule has 90 valence electrons. The summed E-state index contributed by atoms with van der Waals surface area (Å²) in [5.74, 6) is -0.867. The topological polar surface area (TPSA) is 76.2 Å². The predicted molar refractivity (Wildman–Crippen MR) is 58.0 cm³/mol. The van der Waals surface area contributed by atoms with Crippen LogP contribution in [0.3, 0.4) is 0 Å². The molecule has 5 nitrogen and oxygen atoms in total. The van der Waals surface area contributed by atoms with Gasteiger partial charge in [-0.05, 0) is 12.5 Å². The van der Waals surface area contributed by atoms with Gasteiger partial charge >= 0.3 is 0 Å². The Morgan fingerprint density at radius 3 is 2.82 bits per heavy atom. The maximum absolute atomic E-state index is 13.4. The molecule has 0 fully saturated rings. The second kappa shape index (κ2) is 5.80. The summed E-state index contributed by atoms with van der Waals surface area (Å²) in [5, 5.41) is 18.9. The fourth-order valence-corrected chi connectivity index (χ4v) is 1.25. The van der Waals surface area contributed by atoms with E-state index in [9.17, 15) is 14.5 Å². The standard InChI is InChI=1S/C11H11FN2O3/c1-2-9(5-6-13)17-11-4-3-8(14(15)16)7-10(11)12/h3-4,7,9H,2,5H2,1H3. The third-order valence-corrected chi connectivity index (χ3v) is 2.19. The van der Waals surface area contributed by atoms with Gasteiger partial charge in [0.1, 0.15) is 6.10 Å². The molecule has 6 heteroatoms. The first-order valence-corrected chi connectivity index (χ1v) is 5.06. The van der Waals surface area contributed by atoms with Crippen molar-refractivity contribution in [2.75, 3.05) is 0 Å². The second-order valence-electron chi connectivity index (χ2n) is 3.38. The van der Waals surface area contributed by atoms with Gasteiger partial charge in [-0.2, -0.15) is 5.26 Å². The van der Waals surface area contributed by atoms with Crippen molar-refractivity contribution < 1.29 is 14.1 Å². The monoisotopic (exact) mass is 238 g/mol. The van der Waals surface area contributed by atoms with Gasteiger partial charge in [0.2, 0.25) is 0 Å². The van der Waals surface area contributed by atoms with Crippen molar-refractivity contribution in [3.8, 4) is 11.8 Å². The van der Waals surface area contributed by atoms with Gasteiger partial charge in [0.25, 0.3) is 5.69 Å². The maximum atomic E-state index is 13.4. The summed E-state index contributed by atoms with van der Waals surface area (Å²) in [5.41, 5.74) is -0.330. The zero-order chi connectivity index (χ0) is 12.8. The number of nitriles is 1. The van der Waals surface area contributed by atoms with E-state index in [1.807, 2.05) is 13.0 Å². The molecule has 1 rings (SSSR count). The van der Waals surface area contributed by atoms with Crippen molar-refractivity contribution in [3.63, 3.8) is 0 Å². The number of hydrogen-bond donors (Lipinski definition) is 0. The van der Waals surface area contributed by atoms with Crippen LogP contribution in [0, 0.1) is 27.3 Å². The first-order valence-electron chi connectivity index (χ1n) is 5.06. The molecule has 0 bridgehead atoms. The summed E-state index contributed by atoms with van der Waals surface area (Å²) in [6.45, 7) is 1.81. The van der Waals surface area contributed by atoms with Crippen LogP contribution in [-0.4, -0.2) is 11.0 Å².